The first-order valence-electron chi connectivity index (χ1n) is 17.5. The van der Waals surface area contributed by atoms with E-state index in [1.54, 1.807) is 60.3 Å². The summed E-state index contributed by atoms with van der Waals surface area (Å²) in [6, 6.07) is 43.7. The molecule has 0 aliphatic heterocycles. The summed E-state index contributed by atoms with van der Waals surface area (Å²) in [5, 5.41) is 0. The molecule has 5 nitrogen and oxygen atoms in total. The molecule has 3 aliphatic rings. The van der Waals surface area contributed by atoms with Gasteiger partial charge >= 0.3 is 0 Å². The van der Waals surface area contributed by atoms with E-state index in [1.165, 1.54) is 33.6 Å². The summed E-state index contributed by atoms with van der Waals surface area (Å²) in [5.41, 5.74) is 5.17. The predicted molar refractivity (Wildman–Crippen MR) is 220 cm³/mol. The number of carbonyl (C=O) groups is 3. The van der Waals surface area contributed by atoms with Crippen molar-refractivity contribution in [2.24, 2.45) is 0 Å². The first-order valence-corrected chi connectivity index (χ1v) is 20.2. The van der Waals surface area contributed by atoms with Gasteiger partial charge in [0.1, 0.15) is 5.82 Å². The number of halogens is 1. The summed E-state index contributed by atoms with van der Waals surface area (Å²) in [6.07, 6.45) is 3.92. The third kappa shape index (κ3) is 10.6. The second kappa shape index (κ2) is 19.0. The standard InChI is InChI=1S/C15H12O3S.C15H12OS.C9H7FO.C6H6S.CH4/c16-15-9-6-11-10-13(7-8-14(11)15)19(17,18)12-4-2-1-3-5-12;16-15-9-6-11-10-13(7-8-14(11)15)17-12-4-2-1-3-5-12;10-7-2-3-8-6(5-7)1-4-9(8)11;7-6-4-2-1-3-5-6;/h1-5,7-8,10H,6,9H2;1-5,7-8,10H,6,9H2;2-3,5H,1,4H2;1-5,7H;1H4. The fourth-order valence-electron chi connectivity index (χ4n) is 6.31. The predicted octanol–water partition coefficient (Wildman–Crippen LogP) is 11.2. The van der Waals surface area contributed by atoms with Gasteiger partial charge in [0, 0.05) is 50.6 Å². The van der Waals surface area contributed by atoms with E-state index in [9.17, 15) is 27.2 Å². The number of benzene rings is 6. The first kappa shape index (κ1) is 41.1. The normalized spacial score (nSPS) is 13.4. The highest BCUT2D eigenvalue weighted by atomic mass is 32.2. The second-order valence-electron chi connectivity index (χ2n) is 12.8. The van der Waals surface area contributed by atoms with Crippen molar-refractivity contribution < 1.29 is 27.2 Å². The number of ketones is 3. The zero-order valence-electron chi connectivity index (χ0n) is 29.3. The Kier molecular flexibility index (Phi) is 14.2. The third-order valence-electron chi connectivity index (χ3n) is 9.09. The van der Waals surface area contributed by atoms with Crippen molar-refractivity contribution in [3.63, 3.8) is 0 Å². The Morgan fingerprint density at radius 1 is 0.473 bits per heavy atom. The number of thiol groups is 1. The lowest BCUT2D eigenvalue weighted by Crippen LogP contribution is -2.03. The maximum atomic E-state index is 12.6. The van der Waals surface area contributed by atoms with Gasteiger partial charge in [-0.05, 0) is 121 Å². The Hall–Kier alpha value is -5.09. The van der Waals surface area contributed by atoms with Gasteiger partial charge in [0.25, 0.3) is 0 Å². The summed E-state index contributed by atoms with van der Waals surface area (Å²) >= 11 is 5.83. The Morgan fingerprint density at radius 3 is 1.45 bits per heavy atom. The SMILES string of the molecule is C.O=C1CCc2cc(F)ccc21.O=C1CCc2cc(S(=O)(=O)c3ccccc3)ccc21.O=C1CCc2cc(Sc3ccccc3)ccc21.Sc1ccccc1. The van der Waals surface area contributed by atoms with Gasteiger partial charge in [0.15, 0.2) is 17.3 Å². The smallest absolute Gasteiger partial charge is 0.206 e. The molecule has 0 bridgehead atoms. The zero-order chi connectivity index (χ0) is 38.1. The highest BCUT2D eigenvalue weighted by Gasteiger charge is 2.24. The fraction of sp³-hybridized carbons (Fsp3) is 0.152. The first-order chi connectivity index (χ1) is 26.1. The van der Waals surface area contributed by atoms with Gasteiger partial charge in [-0.15, -0.1) is 12.6 Å². The molecule has 0 saturated heterocycles. The molecule has 9 rings (SSSR count). The molecular weight excluding hydrogens is 748 g/mol. The van der Waals surface area contributed by atoms with Crippen LogP contribution in [0.1, 0.15) is 74.5 Å². The Labute approximate surface area is 332 Å². The van der Waals surface area contributed by atoms with Crippen molar-refractivity contribution in [3.8, 4) is 0 Å². The molecule has 0 unspecified atom stereocenters. The van der Waals surface area contributed by atoms with Crippen molar-refractivity contribution in [2.45, 2.75) is 70.4 Å². The molecule has 0 N–H and O–H groups in total. The second-order valence-corrected chi connectivity index (χ2v) is 16.4. The van der Waals surface area contributed by atoms with Crippen LogP contribution in [0.3, 0.4) is 0 Å². The van der Waals surface area contributed by atoms with E-state index in [-0.39, 0.29) is 40.4 Å². The van der Waals surface area contributed by atoms with Crippen LogP contribution in [0.4, 0.5) is 4.39 Å². The van der Waals surface area contributed by atoms with Crippen LogP contribution in [-0.4, -0.2) is 25.8 Å². The number of carbonyl (C=O) groups excluding carboxylic acids is 3. The Morgan fingerprint density at radius 2 is 0.927 bits per heavy atom. The van der Waals surface area contributed by atoms with E-state index in [4.69, 9.17) is 0 Å². The van der Waals surface area contributed by atoms with Crippen molar-refractivity contribution in [1.29, 1.82) is 0 Å². The molecule has 6 aromatic carbocycles. The molecule has 0 atom stereocenters. The summed E-state index contributed by atoms with van der Waals surface area (Å²) in [6.45, 7) is 0. The number of Topliss-reactive ketones (excluding diaryl/α,β-unsaturated/α-hetero) is 3. The minimum absolute atomic E-state index is 0. The summed E-state index contributed by atoms with van der Waals surface area (Å²) in [5.74, 6) is 0.272. The van der Waals surface area contributed by atoms with Gasteiger partial charge in [-0.2, -0.15) is 0 Å². The molecule has 280 valence electrons. The lowest BCUT2D eigenvalue weighted by atomic mass is 10.1. The van der Waals surface area contributed by atoms with E-state index in [2.05, 4.69) is 30.8 Å². The van der Waals surface area contributed by atoms with Gasteiger partial charge in [-0.25, -0.2) is 12.8 Å². The van der Waals surface area contributed by atoms with Crippen molar-refractivity contribution in [1.82, 2.24) is 0 Å². The van der Waals surface area contributed by atoms with Crippen LogP contribution in [0.2, 0.25) is 0 Å². The van der Waals surface area contributed by atoms with E-state index >= 15 is 0 Å². The molecule has 9 heteroatoms. The van der Waals surface area contributed by atoms with Gasteiger partial charge in [0.2, 0.25) is 9.84 Å². The van der Waals surface area contributed by atoms with Gasteiger partial charge in [-0.1, -0.05) is 79.9 Å². The molecule has 0 heterocycles. The van der Waals surface area contributed by atoms with Crippen molar-refractivity contribution >= 4 is 51.6 Å². The molecule has 6 aromatic rings. The fourth-order valence-corrected chi connectivity index (χ4v) is 8.71. The van der Waals surface area contributed by atoms with E-state index < -0.39 is 9.84 Å². The number of hydrogen-bond acceptors (Lipinski definition) is 7. The molecule has 0 aromatic heterocycles. The van der Waals surface area contributed by atoms with E-state index in [0.29, 0.717) is 43.2 Å². The van der Waals surface area contributed by atoms with E-state index in [1.807, 2.05) is 60.7 Å². The topological polar surface area (TPSA) is 85.3 Å². The van der Waals surface area contributed by atoms with Crippen molar-refractivity contribution in [2.75, 3.05) is 0 Å². The van der Waals surface area contributed by atoms with Crippen LogP contribution < -0.4 is 0 Å². The summed E-state index contributed by atoms with van der Waals surface area (Å²) in [7, 11) is -3.49. The van der Waals surface area contributed by atoms with Crippen LogP contribution in [0, 0.1) is 5.82 Å². The quantitative estimate of drug-likeness (QED) is 0.179. The number of fused-ring (bicyclic) bond motifs is 3. The molecule has 0 radical (unpaired) electrons. The van der Waals surface area contributed by atoms with Crippen LogP contribution in [0.5, 0.6) is 0 Å². The molecule has 0 saturated carbocycles. The maximum absolute atomic E-state index is 12.6. The molecule has 0 spiro atoms. The molecular formula is C46H41FO5S3. The third-order valence-corrected chi connectivity index (χ3v) is 12.1. The molecule has 0 fully saturated rings. The minimum atomic E-state index is -3.49. The van der Waals surface area contributed by atoms with Gasteiger partial charge in [0.05, 0.1) is 9.79 Å². The number of rotatable bonds is 4. The lowest BCUT2D eigenvalue weighted by Gasteiger charge is -2.06. The van der Waals surface area contributed by atoms with Crippen LogP contribution in [-0.2, 0) is 29.1 Å². The molecule has 55 heavy (non-hydrogen) atoms. The van der Waals surface area contributed by atoms with E-state index in [0.717, 1.165) is 28.0 Å². The molecule has 3 aliphatic carbocycles. The Balaban J connectivity index is 0.000000148. The monoisotopic (exact) mass is 788 g/mol. The number of hydrogen-bond donors (Lipinski definition) is 1. The Bertz CT molecular complexity index is 2400. The van der Waals surface area contributed by atoms with Gasteiger partial charge in [-0.3, -0.25) is 14.4 Å². The minimum Gasteiger partial charge on any atom is -0.294 e. The summed E-state index contributed by atoms with van der Waals surface area (Å²) < 4.78 is 37.4. The van der Waals surface area contributed by atoms with Crippen LogP contribution >= 0.6 is 24.4 Å². The average Bonchev–Trinajstić information content (AvgIpc) is 3.88. The van der Waals surface area contributed by atoms with Crippen LogP contribution in [0.15, 0.2) is 170 Å². The molecule has 0 amide bonds. The highest BCUT2D eigenvalue weighted by Crippen LogP contribution is 2.32. The van der Waals surface area contributed by atoms with Crippen molar-refractivity contribution in [3.05, 3.63) is 185 Å². The van der Waals surface area contributed by atoms with Gasteiger partial charge < -0.3 is 0 Å². The largest absolute Gasteiger partial charge is 0.294 e. The lowest BCUT2D eigenvalue weighted by molar-refractivity contribution is 0.0986. The zero-order valence-corrected chi connectivity index (χ0v) is 31.8. The maximum Gasteiger partial charge on any atom is 0.206 e. The number of aryl methyl sites for hydroxylation is 3. The average molecular weight is 789 g/mol. The number of sulfone groups is 1. The van der Waals surface area contributed by atoms with Crippen LogP contribution in [0.25, 0.3) is 0 Å². The summed E-state index contributed by atoms with van der Waals surface area (Å²) in [4.78, 5) is 38.1. The highest BCUT2D eigenvalue weighted by molar-refractivity contribution is 7.99.